The third kappa shape index (κ3) is 3.58. The Morgan fingerprint density at radius 3 is 2.78 bits per heavy atom. The van der Waals surface area contributed by atoms with Crippen molar-refractivity contribution in [1.82, 2.24) is 5.32 Å². The summed E-state index contributed by atoms with van der Waals surface area (Å²) in [6.45, 7) is 8.03. The maximum Gasteiger partial charge on any atom is 0.0302 e. The molecule has 18 heavy (non-hydrogen) atoms. The first kappa shape index (κ1) is 14.1. The molecule has 1 N–H and O–H groups in total. The Balaban J connectivity index is 1.81. The van der Waals surface area contributed by atoms with E-state index in [1.165, 1.54) is 38.5 Å². The maximum atomic E-state index is 3.75. The van der Waals surface area contributed by atoms with Gasteiger partial charge in [-0.1, -0.05) is 27.2 Å². The molecule has 0 aromatic carbocycles. The van der Waals surface area contributed by atoms with Gasteiger partial charge in [0.25, 0.3) is 0 Å². The molecule has 1 aromatic rings. The second kappa shape index (κ2) is 6.72. The van der Waals surface area contributed by atoms with Crippen molar-refractivity contribution < 1.29 is 0 Å². The molecule has 2 rings (SSSR count). The molecule has 2 atom stereocenters. The first-order valence-corrected chi connectivity index (χ1v) is 8.38. The molecule has 2 unspecified atom stereocenters. The summed E-state index contributed by atoms with van der Waals surface area (Å²) in [6, 6.07) is 3.13. The Bertz CT molecular complexity index is 348. The number of hydrogen-bond acceptors (Lipinski definition) is 2. The van der Waals surface area contributed by atoms with E-state index in [9.17, 15) is 0 Å². The first-order chi connectivity index (χ1) is 8.72. The van der Waals surface area contributed by atoms with Crippen molar-refractivity contribution in [3.8, 4) is 0 Å². The van der Waals surface area contributed by atoms with Gasteiger partial charge in [0, 0.05) is 22.3 Å². The molecule has 0 radical (unpaired) electrons. The van der Waals surface area contributed by atoms with Gasteiger partial charge < -0.3 is 5.32 Å². The van der Waals surface area contributed by atoms with Crippen LogP contribution in [0.3, 0.4) is 0 Å². The van der Waals surface area contributed by atoms with Crippen LogP contribution in [-0.2, 0) is 19.4 Å². The summed E-state index contributed by atoms with van der Waals surface area (Å²) < 4.78 is 0. The van der Waals surface area contributed by atoms with Gasteiger partial charge in [-0.15, -0.1) is 11.3 Å². The van der Waals surface area contributed by atoms with Crippen LogP contribution in [0, 0.1) is 5.92 Å². The van der Waals surface area contributed by atoms with Gasteiger partial charge in [0.15, 0.2) is 0 Å². The largest absolute Gasteiger partial charge is 0.309 e. The highest BCUT2D eigenvalue weighted by Crippen LogP contribution is 2.30. The second-order valence-electron chi connectivity index (χ2n) is 5.75. The molecular formula is C16H27NS. The lowest BCUT2D eigenvalue weighted by Crippen LogP contribution is -2.29. The highest BCUT2D eigenvalue weighted by molar-refractivity contribution is 7.12. The van der Waals surface area contributed by atoms with Crippen molar-refractivity contribution >= 4 is 11.3 Å². The smallest absolute Gasteiger partial charge is 0.0302 e. The van der Waals surface area contributed by atoms with Crippen LogP contribution in [0.2, 0.25) is 0 Å². The lowest BCUT2D eigenvalue weighted by Gasteiger charge is -2.20. The zero-order valence-electron chi connectivity index (χ0n) is 12.1. The highest BCUT2D eigenvalue weighted by atomic mass is 32.1. The highest BCUT2D eigenvalue weighted by Gasteiger charge is 2.15. The molecule has 1 nitrogen and oxygen atoms in total. The van der Waals surface area contributed by atoms with E-state index in [0.717, 1.165) is 12.5 Å². The average molecular weight is 265 g/mol. The summed E-state index contributed by atoms with van der Waals surface area (Å²) in [6.07, 6.45) is 7.87. The number of fused-ring (bicyclic) bond motifs is 1. The average Bonchev–Trinajstić information content (AvgIpc) is 2.94. The molecular weight excluding hydrogens is 238 g/mol. The molecule has 1 heterocycles. The predicted molar refractivity (Wildman–Crippen MR) is 81.3 cm³/mol. The van der Waals surface area contributed by atoms with Crippen molar-refractivity contribution in [3.63, 3.8) is 0 Å². The van der Waals surface area contributed by atoms with Crippen LogP contribution in [0.5, 0.6) is 0 Å². The number of aryl methyl sites for hydroxylation is 2. The zero-order valence-corrected chi connectivity index (χ0v) is 12.9. The standard InChI is InChI=1S/C16H27NS/c1-4-12(3)9-14(5-2)17-11-15-10-13-7-6-8-16(13)18-15/h10,12,14,17H,4-9,11H2,1-3H3. The number of hydrogen-bond donors (Lipinski definition) is 1. The summed E-state index contributed by atoms with van der Waals surface area (Å²) in [5.74, 6) is 0.843. The Hall–Kier alpha value is -0.340. The fraction of sp³-hybridized carbons (Fsp3) is 0.750. The van der Waals surface area contributed by atoms with Crippen LogP contribution in [0.25, 0.3) is 0 Å². The van der Waals surface area contributed by atoms with Crippen LogP contribution < -0.4 is 5.32 Å². The first-order valence-electron chi connectivity index (χ1n) is 7.56. The number of thiophene rings is 1. The van der Waals surface area contributed by atoms with Gasteiger partial charge in [0.1, 0.15) is 0 Å². The Morgan fingerprint density at radius 2 is 2.11 bits per heavy atom. The number of nitrogens with one attached hydrogen (secondary N) is 1. The van der Waals surface area contributed by atoms with E-state index in [4.69, 9.17) is 0 Å². The lowest BCUT2D eigenvalue weighted by atomic mass is 9.98. The van der Waals surface area contributed by atoms with Crippen molar-refractivity contribution in [2.45, 2.75) is 71.9 Å². The van der Waals surface area contributed by atoms with E-state index in [2.05, 4.69) is 32.2 Å². The third-order valence-corrected chi connectivity index (χ3v) is 5.48. The number of rotatable bonds is 7. The van der Waals surface area contributed by atoms with Gasteiger partial charge in [0.2, 0.25) is 0 Å². The minimum Gasteiger partial charge on any atom is -0.309 e. The molecule has 2 heteroatoms. The second-order valence-corrected chi connectivity index (χ2v) is 6.97. The zero-order chi connectivity index (χ0) is 13.0. The van der Waals surface area contributed by atoms with Crippen LogP contribution >= 0.6 is 11.3 Å². The normalized spacial score (nSPS) is 17.7. The van der Waals surface area contributed by atoms with E-state index in [0.29, 0.717) is 6.04 Å². The topological polar surface area (TPSA) is 12.0 Å². The molecule has 0 aliphatic heterocycles. The van der Waals surface area contributed by atoms with Crippen molar-refractivity contribution in [3.05, 3.63) is 21.4 Å². The van der Waals surface area contributed by atoms with E-state index < -0.39 is 0 Å². The van der Waals surface area contributed by atoms with E-state index >= 15 is 0 Å². The van der Waals surface area contributed by atoms with Gasteiger partial charge in [-0.3, -0.25) is 0 Å². The fourth-order valence-corrected chi connectivity index (χ4v) is 3.98. The van der Waals surface area contributed by atoms with Gasteiger partial charge in [-0.25, -0.2) is 0 Å². The van der Waals surface area contributed by atoms with Gasteiger partial charge >= 0.3 is 0 Å². The van der Waals surface area contributed by atoms with Crippen LogP contribution in [0.4, 0.5) is 0 Å². The van der Waals surface area contributed by atoms with Gasteiger partial charge in [-0.05, 0) is 49.7 Å². The van der Waals surface area contributed by atoms with E-state index in [1.807, 2.05) is 11.3 Å². The summed E-state index contributed by atoms with van der Waals surface area (Å²) in [5.41, 5.74) is 1.63. The molecule has 0 saturated carbocycles. The molecule has 0 spiro atoms. The summed E-state index contributed by atoms with van der Waals surface area (Å²) in [4.78, 5) is 3.20. The van der Waals surface area contributed by atoms with Crippen molar-refractivity contribution in [2.24, 2.45) is 5.92 Å². The maximum absolute atomic E-state index is 3.75. The summed E-state index contributed by atoms with van der Waals surface area (Å²) in [5, 5.41) is 3.75. The van der Waals surface area contributed by atoms with Crippen molar-refractivity contribution in [1.29, 1.82) is 0 Å². The lowest BCUT2D eigenvalue weighted by molar-refractivity contribution is 0.385. The Kier molecular flexibility index (Phi) is 5.25. The predicted octanol–water partition coefficient (Wildman–Crippen LogP) is 4.54. The van der Waals surface area contributed by atoms with Crippen LogP contribution in [-0.4, -0.2) is 6.04 Å². The molecule has 102 valence electrons. The molecule has 0 bridgehead atoms. The molecule has 1 aliphatic rings. The molecule has 0 fully saturated rings. The minimum absolute atomic E-state index is 0.692. The Morgan fingerprint density at radius 1 is 1.28 bits per heavy atom. The third-order valence-electron chi connectivity index (χ3n) is 4.24. The fourth-order valence-electron chi connectivity index (χ4n) is 2.77. The Labute approximate surface area is 116 Å². The minimum atomic E-state index is 0.692. The SMILES string of the molecule is CCC(C)CC(CC)NCc1cc2c(s1)CCC2. The molecule has 1 aliphatic carbocycles. The van der Waals surface area contributed by atoms with Crippen molar-refractivity contribution in [2.75, 3.05) is 0 Å². The van der Waals surface area contributed by atoms with Gasteiger partial charge in [-0.2, -0.15) is 0 Å². The van der Waals surface area contributed by atoms with Gasteiger partial charge in [0.05, 0.1) is 0 Å². The molecule has 0 saturated heterocycles. The van der Waals surface area contributed by atoms with Crippen LogP contribution in [0.1, 0.15) is 61.8 Å². The molecule has 1 aromatic heterocycles. The van der Waals surface area contributed by atoms with E-state index in [1.54, 1.807) is 15.3 Å². The van der Waals surface area contributed by atoms with Crippen LogP contribution in [0.15, 0.2) is 6.07 Å². The summed E-state index contributed by atoms with van der Waals surface area (Å²) >= 11 is 2.04. The summed E-state index contributed by atoms with van der Waals surface area (Å²) in [7, 11) is 0. The quantitative estimate of drug-likeness (QED) is 0.763. The molecule has 0 amide bonds. The van der Waals surface area contributed by atoms with E-state index in [-0.39, 0.29) is 0 Å². The monoisotopic (exact) mass is 265 g/mol.